The second-order valence-corrected chi connectivity index (χ2v) is 4.42. The van der Waals surface area contributed by atoms with Crippen LogP contribution in [-0.2, 0) is 18.9 Å². The number of hydrogen-bond donors (Lipinski definition) is 0. The number of nitrogens with zero attached hydrogens (tertiary/aromatic N) is 2. The summed E-state index contributed by atoms with van der Waals surface area (Å²) in [5.41, 5.74) is 4.49. The second kappa shape index (κ2) is 2.12. The summed E-state index contributed by atoms with van der Waals surface area (Å²) in [4.78, 5) is 0. The number of hydrogen-bond acceptors (Lipinski definition) is 1. The third-order valence-corrected chi connectivity index (χ3v) is 2.99. The van der Waals surface area contributed by atoms with Crippen LogP contribution in [0.5, 0.6) is 0 Å². The third kappa shape index (κ3) is 0.838. The lowest BCUT2D eigenvalue weighted by Crippen LogP contribution is -2.17. The van der Waals surface area contributed by atoms with Gasteiger partial charge in [0, 0.05) is 18.2 Å². The highest BCUT2D eigenvalue weighted by Crippen LogP contribution is 2.38. The quantitative estimate of drug-likeness (QED) is 0.573. The molecule has 0 saturated heterocycles. The highest BCUT2D eigenvalue weighted by molar-refractivity contribution is 5.36. The average Bonchev–Trinajstić information content (AvgIpc) is 2.37. The van der Waals surface area contributed by atoms with Crippen molar-refractivity contribution in [2.75, 3.05) is 0 Å². The molecule has 0 amide bonds. The van der Waals surface area contributed by atoms with E-state index in [4.69, 9.17) is 0 Å². The van der Waals surface area contributed by atoms with E-state index in [1.54, 1.807) is 0 Å². The molecule has 1 heterocycles. The van der Waals surface area contributed by atoms with Crippen LogP contribution in [0.1, 0.15) is 37.2 Å². The highest BCUT2D eigenvalue weighted by atomic mass is 15.3. The minimum Gasteiger partial charge on any atom is -0.272 e. The van der Waals surface area contributed by atoms with Gasteiger partial charge in [0.1, 0.15) is 0 Å². The number of fused-ring (bicyclic) bond motifs is 1. The van der Waals surface area contributed by atoms with Crippen LogP contribution in [0.25, 0.3) is 0 Å². The average molecular weight is 164 g/mol. The van der Waals surface area contributed by atoms with Gasteiger partial charge in [0.15, 0.2) is 0 Å². The fourth-order valence-corrected chi connectivity index (χ4v) is 2.40. The molecule has 2 nitrogen and oxygen atoms in total. The Hall–Kier alpha value is -0.790. The Kier molecular flexibility index (Phi) is 1.39. The van der Waals surface area contributed by atoms with E-state index in [1.807, 2.05) is 0 Å². The van der Waals surface area contributed by atoms with Crippen molar-refractivity contribution < 1.29 is 0 Å². The Morgan fingerprint density at radius 1 is 1.42 bits per heavy atom. The molecule has 0 N–H and O–H groups in total. The van der Waals surface area contributed by atoms with Crippen molar-refractivity contribution in [2.24, 2.45) is 7.05 Å². The molecule has 1 aromatic heterocycles. The molecule has 2 rings (SSSR count). The summed E-state index contributed by atoms with van der Waals surface area (Å²) >= 11 is 0. The highest BCUT2D eigenvalue weighted by Gasteiger charge is 2.34. The van der Waals surface area contributed by atoms with Crippen LogP contribution in [0, 0.1) is 6.92 Å². The van der Waals surface area contributed by atoms with Crippen LogP contribution in [-0.4, -0.2) is 9.78 Å². The van der Waals surface area contributed by atoms with Crippen LogP contribution in [0.2, 0.25) is 0 Å². The van der Waals surface area contributed by atoms with Gasteiger partial charge in [-0.1, -0.05) is 13.8 Å². The molecule has 0 spiro atoms. The summed E-state index contributed by atoms with van der Waals surface area (Å²) in [6, 6.07) is 0. The molecule has 1 aliphatic carbocycles. The van der Waals surface area contributed by atoms with Crippen LogP contribution in [0.4, 0.5) is 0 Å². The molecule has 12 heavy (non-hydrogen) atoms. The molecular formula is C10H16N2. The van der Waals surface area contributed by atoms with E-state index in [9.17, 15) is 0 Å². The van der Waals surface area contributed by atoms with Crippen molar-refractivity contribution in [1.82, 2.24) is 9.78 Å². The predicted octanol–water partition coefficient (Wildman–Crippen LogP) is 1.95. The molecule has 1 aromatic rings. The van der Waals surface area contributed by atoms with E-state index in [0.29, 0.717) is 5.41 Å². The third-order valence-electron chi connectivity index (χ3n) is 2.99. The standard InChI is InChI=1S/C10H16N2/c1-7-8-5-6-10(2,3)9(8)12(4)11-7/h5-6H2,1-4H3. The number of aryl methyl sites for hydroxylation is 2. The molecule has 0 fully saturated rings. The van der Waals surface area contributed by atoms with Gasteiger partial charge >= 0.3 is 0 Å². The Labute approximate surface area is 73.6 Å². The van der Waals surface area contributed by atoms with Gasteiger partial charge in [0.05, 0.1) is 5.69 Å². The zero-order chi connectivity index (χ0) is 8.93. The maximum atomic E-state index is 4.44. The second-order valence-electron chi connectivity index (χ2n) is 4.42. The lowest BCUT2D eigenvalue weighted by Gasteiger charge is -2.18. The molecule has 2 heteroatoms. The first kappa shape index (κ1) is 7.84. The van der Waals surface area contributed by atoms with Gasteiger partial charge in [0.2, 0.25) is 0 Å². The molecule has 0 aliphatic heterocycles. The first-order chi connectivity index (χ1) is 5.52. The van der Waals surface area contributed by atoms with Gasteiger partial charge in [0.25, 0.3) is 0 Å². The van der Waals surface area contributed by atoms with Crippen molar-refractivity contribution >= 4 is 0 Å². The number of rotatable bonds is 0. The van der Waals surface area contributed by atoms with Gasteiger partial charge in [-0.2, -0.15) is 5.10 Å². The maximum Gasteiger partial charge on any atom is 0.0628 e. The maximum absolute atomic E-state index is 4.44. The Balaban J connectivity index is 2.65. The van der Waals surface area contributed by atoms with E-state index in [-0.39, 0.29) is 0 Å². The molecule has 0 bridgehead atoms. The van der Waals surface area contributed by atoms with E-state index < -0.39 is 0 Å². The van der Waals surface area contributed by atoms with Crippen LogP contribution < -0.4 is 0 Å². The zero-order valence-electron chi connectivity index (χ0n) is 8.31. The van der Waals surface area contributed by atoms with E-state index in [0.717, 1.165) is 0 Å². The lowest BCUT2D eigenvalue weighted by molar-refractivity contribution is 0.475. The summed E-state index contributed by atoms with van der Waals surface area (Å²) in [5.74, 6) is 0. The van der Waals surface area contributed by atoms with E-state index >= 15 is 0 Å². The van der Waals surface area contributed by atoms with Crippen molar-refractivity contribution in [2.45, 2.75) is 39.0 Å². The van der Waals surface area contributed by atoms with Crippen LogP contribution >= 0.6 is 0 Å². The van der Waals surface area contributed by atoms with E-state index in [2.05, 4.69) is 37.6 Å². The van der Waals surface area contributed by atoms with Gasteiger partial charge in [-0.3, -0.25) is 4.68 Å². The molecule has 0 saturated carbocycles. The zero-order valence-corrected chi connectivity index (χ0v) is 8.31. The van der Waals surface area contributed by atoms with Crippen LogP contribution in [0.3, 0.4) is 0 Å². The van der Waals surface area contributed by atoms with E-state index in [1.165, 1.54) is 29.8 Å². The molecular weight excluding hydrogens is 148 g/mol. The van der Waals surface area contributed by atoms with Gasteiger partial charge in [-0.25, -0.2) is 0 Å². The molecule has 0 unspecified atom stereocenters. The molecule has 0 atom stereocenters. The molecule has 0 aromatic carbocycles. The minimum atomic E-state index is 0.339. The number of aromatic nitrogens is 2. The lowest BCUT2D eigenvalue weighted by atomic mass is 9.91. The topological polar surface area (TPSA) is 17.8 Å². The van der Waals surface area contributed by atoms with Crippen molar-refractivity contribution in [3.63, 3.8) is 0 Å². The normalized spacial score (nSPS) is 19.7. The Morgan fingerprint density at radius 3 is 2.67 bits per heavy atom. The first-order valence-corrected chi connectivity index (χ1v) is 4.55. The van der Waals surface area contributed by atoms with Crippen LogP contribution in [0.15, 0.2) is 0 Å². The van der Waals surface area contributed by atoms with Crippen molar-refractivity contribution in [1.29, 1.82) is 0 Å². The van der Waals surface area contributed by atoms with Gasteiger partial charge in [-0.15, -0.1) is 0 Å². The minimum absolute atomic E-state index is 0.339. The summed E-state index contributed by atoms with van der Waals surface area (Å²) in [6.07, 6.45) is 2.48. The fraction of sp³-hybridized carbons (Fsp3) is 0.700. The van der Waals surface area contributed by atoms with Crippen molar-refractivity contribution in [3.8, 4) is 0 Å². The summed E-state index contributed by atoms with van der Waals surface area (Å²) in [6.45, 7) is 6.72. The van der Waals surface area contributed by atoms with Crippen molar-refractivity contribution in [3.05, 3.63) is 17.0 Å². The monoisotopic (exact) mass is 164 g/mol. The van der Waals surface area contributed by atoms with Gasteiger partial charge in [-0.05, 0) is 25.3 Å². The fourth-order valence-electron chi connectivity index (χ4n) is 2.40. The first-order valence-electron chi connectivity index (χ1n) is 4.55. The Bertz CT molecular complexity index is 321. The SMILES string of the molecule is Cc1nn(C)c2c1CCC2(C)C. The summed E-state index contributed by atoms with van der Waals surface area (Å²) in [5, 5.41) is 4.44. The molecule has 0 radical (unpaired) electrons. The summed E-state index contributed by atoms with van der Waals surface area (Å²) in [7, 11) is 2.05. The predicted molar refractivity (Wildman–Crippen MR) is 49.3 cm³/mol. The molecule has 1 aliphatic rings. The largest absolute Gasteiger partial charge is 0.272 e. The summed E-state index contributed by atoms with van der Waals surface area (Å²) < 4.78 is 2.05. The Morgan fingerprint density at radius 2 is 2.08 bits per heavy atom. The molecule has 66 valence electrons. The smallest absolute Gasteiger partial charge is 0.0628 e. The van der Waals surface area contributed by atoms with Gasteiger partial charge < -0.3 is 0 Å².